The van der Waals surface area contributed by atoms with Crippen LogP contribution in [-0.4, -0.2) is 61.7 Å². The normalized spacial score (nSPS) is 19.0. The average Bonchev–Trinajstić information content (AvgIpc) is 2.94. The molecule has 0 amide bonds. The molecule has 1 aliphatic heterocycles. The van der Waals surface area contributed by atoms with Crippen LogP contribution in [0, 0.1) is 0 Å². The van der Waals surface area contributed by atoms with Crippen LogP contribution in [0.25, 0.3) is 0 Å². The molecule has 1 aromatic heterocycles. The van der Waals surface area contributed by atoms with Crippen LogP contribution in [0.5, 0.6) is 0 Å². The van der Waals surface area contributed by atoms with Crippen molar-refractivity contribution in [3.05, 3.63) is 11.9 Å². The van der Waals surface area contributed by atoms with Crippen molar-refractivity contribution in [1.29, 1.82) is 0 Å². The quantitative estimate of drug-likeness (QED) is 0.824. The van der Waals surface area contributed by atoms with E-state index in [-0.39, 0.29) is 0 Å². The third kappa shape index (κ3) is 4.04. The number of anilines is 2. The summed E-state index contributed by atoms with van der Waals surface area (Å²) in [7, 11) is 5.64. The highest BCUT2D eigenvalue weighted by Crippen LogP contribution is 2.21. The Bertz CT molecular complexity index is 454. The Morgan fingerprint density at radius 3 is 2.95 bits per heavy atom. The van der Waals surface area contributed by atoms with Gasteiger partial charge in [0.15, 0.2) is 5.82 Å². The van der Waals surface area contributed by atoms with Gasteiger partial charge in [0.25, 0.3) is 0 Å². The minimum absolute atomic E-state index is 0.431. The summed E-state index contributed by atoms with van der Waals surface area (Å²) in [5, 5.41) is 3.09. The molecule has 1 aliphatic rings. The maximum atomic E-state index is 5.15. The summed E-state index contributed by atoms with van der Waals surface area (Å²) in [6.45, 7) is 6.01. The van der Waals surface area contributed by atoms with E-state index in [9.17, 15) is 0 Å². The molecule has 21 heavy (non-hydrogen) atoms. The van der Waals surface area contributed by atoms with Crippen LogP contribution in [0.2, 0.25) is 0 Å². The molecule has 1 unspecified atom stereocenters. The zero-order chi connectivity index (χ0) is 15.2. The lowest BCUT2D eigenvalue weighted by molar-refractivity contribution is 0.178. The van der Waals surface area contributed by atoms with Gasteiger partial charge in [-0.25, -0.2) is 9.97 Å². The van der Waals surface area contributed by atoms with E-state index in [1.807, 2.05) is 13.1 Å². The maximum absolute atomic E-state index is 5.15. The fourth-order valence-electron chi connectivity index (χ4n) is 2.93. The Balaban J connectivity index is 2.10. The standard InChI is InChI=1S/C15H27N5O/c1-5-20-8-6-7-12(20)10-19(3)15-9-13(16-2)17-14(18-15)11-21-4/h9,12H,5-8,10-11H2,1-4H3,(H,16,17,18). The van der Waals surface area contributed by atoms with E-state index in [0.717, 1.165) is 24.7 Å². The molecule has 2 heterocycles. The zero-order valence-electron chi connectivity index (χ0n) is 13.6. The molecule has 2 rings (SSSR count). The van der Waals surface area contributed by atoms with Gasteiger partial charge in [-0.05, 0) is 25.9 Å². The van der Waals surface area contributed by atoms with Gasteiger partial charge in [0, 0.05) is 39.9 Å². The highest BCUT2D eigenvalue weighted by atomic mass is 16.5. The van der Waals surface area contributed by atoms with Crippen LogP contribution < -0.4 is 10.2 Å². The summed E-state index contributed by atoms with van der Waals surface area (Å²) in [4.78, 5) is 13.8. The van der Waals surface area contributed by atoms with Crippen LogP contribution in [0.4, 0.5) is 11.6 Å². The summed E-state index contributed by atoms with van der Waals surface area (Å²) in [6, 6.07) is 2.61. The Morgan fingerprint density at radius 2 is 2.29 bits per heavy atom. The summed E-state index contributed by atoms with van der Waals surface area (Å²) in [6.07, 6.45) is 2.57. The van der Waals surface area contributed by atoms with Crippen molar-refractivity contribution in [3.63, 3.8) is 0 Å². The summed E-state index contributed by atoms with van der Waals surface area (Å²) >= 11 is 0. The first kappa shape index (κ1) is 16.0. The summed E-state index contributed by atoms with van der Waals surface area (Å²) in [5.41, 5.74) is 0. The van der Waals surface area contributed by atoms with Crippen molar-refractivity contribution < 1.29 is 4.74 Å². The Kier molecular flexibility index (Phi) is 5.76. The molecule has 1 atom stereocenters. The minimum atomic E-state index is 0.431. The number of nitrogens with zero attached hydrogens (tertiary/aromatic N) is 4. The minimum Gasteiger partial charge on any atom is -0.377 e. The first-order valence-electron chi connectivity index (χ1n) is 7.67. The van der Waals surface area contributed by atoms with Gasteiger partial charge >= 0.3 is 0 Å². The SMILES string of the molecule is CCN1CCCC1CN(C)c1cc(NC)nc(COC)n1. The Morgan fingerprint density at radius 1 is 1.48 bits per heavy atom. The number of rotatable bonds is 7. The van der Waals surface area contributed by atoms with Crippen LogP contribution in [0.3, 0.4) is 0 Å². The predicted octanol–water partition coefficient (Wildman–Crippen LogP) is 1.59. The second kappa shape index (κ2) is 7.56. The molecule has 1 aromatic rings. The van der Waals surface area contributed by atoms with Gasteiger partial charge in [-0.2, -0.15) is 0 Å². The molecule has 0 bridgehead atoms. The summed E-state index contributed by atoms with van der Waals surface area (Å²) < 4.78 is 5.15. The number of hydrogen-bond donors (Lipinski definition) is 1. The molecule has 6 nitrogen and oxygen atoms in total. The second-order valence-electron chi connectivity index (χ2n) is 5.52. The Hall–Kier alpha value is -1.40. The van der Waals surface area contributed by atoms with Crippen LogP contribution in [0.15, 0.2) is 6.07 Å². The second-order valence-corrected chi connectivity index (χ2v) is 5.52. The van der Waals surface area contributed by atoms with Crippen molar-refractivity contribution in [2.75, 3.05) is 51.1 Å². The van der Waals surface area contributed by atoms with E-state index in [1.165, 1.54) is 19.4 Å². The number of hydrogen-bond acceptors (Lipinski definition) is 6. The number of methoxy groups -OCH3 is 1. The molecule has 1 N–H and O–H groups in total. The van der Waals surface area contributed by atoms with Crippen LogP contribution in [0.1, 0.15) is 25.6 Å². The van der Waals surface area contributed by atoms with Gasteiger partial charge in [-0.3, -0.25) is 4.90 Å². The fraction of sp³-hybridized carbons (Fsp3) is 0.733. The van der Waals surface area contributed by atoms with Crippen LogP contribution in [-0.2, 0) is 11.3 Å². The monoisotopic (exact) mass is 293 g/mol. The maximum Gasteiger partial charge on any atom is 0.158 e. The third-order valence-corrected chi connectivity index (χ3v) is 4.07. The largest absolute Gasteiger partial charge is 0.377 e. The first-order valence-corrected chi connectivity index (χ1v) is 7.67. The Labute approximate surface area is 127 Å². The topological polar surface area (TPSA) is 53.5 Å². The van der Waals surface area contributed by atoms with Crippen molar-refractivity contribution >= 4 is 11.6 Å². The van der Waals surface area contributed by atoms with Gasteiger partial charge in [0.1, 0.15) is 18.2 Å². The molecule has 0 aromatic carbocycles. The van der Waals surface area contributed by atoms with Gasteiger partial charge < -0.3 is 15.0 Å². The van der Waals surface area contributed by atoms with Crippen molar-refractivity contribution in [2.24, 2.45) is 0 Å². The smallest absolute Gasteiger partial charge is 0.158 e. The van der Waals surface area contributed by atoms with Gasteiger partial charge in [-0.1, -0.05) is 6.92 Å². The lowest BCUT2D eigenvalue weighted by Gasteiger charge is -2.28. The molecule has 0 aliphatic carbocycles. The fourth-order valence-corrected chi connectivity index (χ4v) is 2.93. The molecule has 1 fully saturated rings. The molecule has 0 radical (unpaired) electrons. The summed E-state index contributed by atoms with van der Waals surface area (Å²) in [5.74, 6) is 2.49. The zero-order valence-corrected chi connectivity index (χ0v) is 13.6. The lowest BCUT2D eigenvalue weighted by Crippen LogP contribution is -2.39. The number of nitrogens with one attached hydrogen (secondary N) is 1. The van der Waals surface area contributed by atoms with Gasteiger partial charge in [0.05, 0.1) is 0 Å². The van der Waals surface area contributed by atoms with Gasteiger partial charge in [0.2, 0.25) is 0 Å². The van der Waals surface area contributed by atoms with E-state index >= 15 is 0 Å². The molecule has 118 valence electrons. The lowest BCUT2D eigenvalue weighted by atomic mass is 10.2. The number of likely N-dealkylation sites (N-methyl/N-ethyl adjacent to an activating group) is 2. The van der Waals surface area contributed by atoms with Crippen molar-refractivity contribution in [2.45, 2.75) is 32.4 Å². The number of likely N-dealkylation sites (tertiary alicyclic amines) is 1. The van der Waals surface area contributed by atoms with Crippen molar-refractivity contribution in [1.82, 2.24) is 14.9 Å². The van der Waals surface area contributed by atoms with E-state index in [2.05, 4.69) is 39.1 Å². The van der Waals surface area contributed by atoms with E-state index in [1.54, 1.807) is 7.11 Å². The van der Waals surface area contributed by atoms with Crippen molar-refractivity contribution in [3.8, 4) is 0 Å². The molecule has 0 saturated carbocycles. The highest BCUT2D eigenvalue weighted by molar-refractivity contribution is 5.48. The predicted molar refractivity (Wildman–Crippen MR) is 85.8 cm³/mol. The van der Waals surface area contributed by atoms with Crippen LogP contribution >= 0.6 is 0 Å². The number of aromatic nitrogens is 2. The van der Waals surface area contributed by atoms with E-state index < -0.39 is 0 Å². The van der Waals surface area contributed by atoms with E-state index in [4.69, 9.17) is 4.74 Å². The number of ether oxygens (including phenoxy) is 1. The third-order valence-electron chi connectivity index (χ3n) is 4.07. The molecular formula is C15H27N5O. The van der Waals surface area contributed by atoms with E-state index in [0.29, 0.717) is 18.5 Å². The average molecular weight is 293 g/mol. The molecular weight excluding hydrogens is 266 g/mol. The highest BCUT2D eigenvalue weighted by Gasteiger charge is 2.24. The first-order chi connectivity index (χ1) is 10.2. The van der Waals surface area contributed by atoms with Gasteiger partial charge in [-0.15, -0.1) is 0 Å². The molecule has 6 heteroatoms. The molecule has 0 spiro atoms. The molecule has 1 saturated heterocycles.